The summed E-state index contributed by atoms with van der Waals surface area (Å²) in [6, 6.07) is 11.1. The summed E-state index contributed by atoms with van der Waals surface area (Å²) in [4.78, 5) is 15.9. The van der Waals surface area contributed by atoms with Gasteiger partial charge in [-0.1, -0.05) is 36.7 Å². The summed E-state index contributed by atoms with van der Waals surface area (Å²) in [5.41, 5.74) is 3.30. The number of ether oxygens (including phenoxy) is 4. The number of halogens is 1. The van der Waals surface area contributed by atoms with E-state index < -0.39 is 21.2 Å². The number of methoxy groups -OCH3 is 2. The number of aryl methyl sites for hydroxylation is 1. The van der Waals surface area contributed by atoms with E-state index in [1.54, 1.807) is 25.3 Å². The van der Waals surface area contributed by atoms with Crippen LogP contribution in [0.5, 0.6) is 5.75 Å². The number of hydrogen-bond donors (Lipinski definition) is 1. The average Bonchev–Trinajstić information content (AvgIpc) is 3.04. The number of fused-ring (bicyclic) bond motifs is 3. The molecule has 1 N–H and O–H groups in total. The number of hydrogen-bond acceptors (Lipinski definition) is 8. The molecule has 9 nitrogen and oxygen atoms in total. The molecule has 5 rings (SSSR count). The summed E-state index contributed by atoms with van der Waals surface area (Å²) in [5.74, 6) is 0.352. The Kier molecular flexibility index (Phi) is 12.1. The lowest BCUT2D eigenvalue weighted by molar-refractivity contribution is -0.0308. The average molecular weight is 675 g/mol. The maximum absolute atomic E-state index is 13.6. The lowest BCUT2D eigenvalue weighted by atomic mass is 9.70. The number of rotatable bonds is 6. The molecule has 1 fully saturated rings. The maximum Gasteiger partial charge on any atom is 0.264 e. The predicted molar refractivity (Wildman–Crippen MR) is 180 cm³/mol. The van der Waals surface area contributed by atoms with Gasteiger partial charge in [0.15, 0.2) is 0 Å². The van der Waals surface area contributed by atoms with Crippen molar-refractivity contribution in [3.63, 3.8) is 0 Å². The number of carbonyl (C=O) groups excluding carboxylic acids is 1. The second kappa shape index (κ2) is 16.0. The smallest absolute Gasteiger partial charge is 0.264 e. The third-order valence-electron chi connectivity index (χ3n) is 9.62. The van der Waals surface area contributed by atoms with Crippen LogP contribution in [0.2, 0.25) is 5.02 Å². The van der Waals surface area contributed by atoms with E-state index in [4.69, 9.17) is 30.5 Å². The Bertz CT molecular complexity index is 1480. The number of nitrogens with one attached hydrogen (secondary N) is 1. The van der Waals surface area contributed by atoms with Crippen LogP contribution in [0, 0.1) is 17.8 Å². The molecule has 11 heteroatoms. The first kappa shape index (κ1) is 34.7. The molecule has 0 radical (unpaired) electrons. The first-order valence-electron chi connectivity index (χ1n) is 16.3. The van der Waals surface area contributed by atoms with Crippen LogP contribution < -0.4 is 14.4 Å². The van der Waals surface area contributed by atoms with Gasteiger partial charge in [0.2, 0.25) is 10.0 Å². The van der Waals surface area contributed by atoms with Gasteiger partial charge in [-0.2, -0.15) is 0 Å². The summed E-state index contributed by atoms with van der Waals surface area (Å²) in [6.07, 6.45) is 9.40. The van der Waals surface area contributed by atoms with Crippen molar-refractivity contribution in [3.8, 4) is 5.75 Å². The summed E-state index contributed by atoms with van der Waals surface area (Å²) >= 11 is 6.34. The van der Waals surface area contributed by atoms with Crippen molar-refractivity contribution in [2.45, 2.75) is 63.4 Å². The number of sulfonamides is 1. The van der Waals surface area contributed by atoms with Gasteiger partial charge in [0.25, 0.3) is 5.91 Å². The Morgan fingerprint density at radius 3 is 2.65 bits per heavy atom. The van der Waals surface area contributed by atoms with Crippen LogP contribution in [-0.4, -0.2) is 72.8 Å². The molecular weight excluding hydrogens is 628 g/mol. The number of carbonyl (C=O) groups is 1. The lowest BCUT2D eigenvalue weighted by Gasteiger charge is -2.44. The highest BCUT2D eigenvalue weighted by Gasteiger charge is 2.39. The Morgan fingerprint density at radius 2 is 1.89 bits per heavy atom. The minimum Gasteiger partial charge on any atom is -0.487 e. The second-order valence-corrected chi connectivity index (χ2v) is 15.1. The van der Waals surface area contributed by atoms with Crippen LogP contribution in [0.25, 0.3) is 0 Å². The summed E-state index contributed by atoms with van der Waals surface area (Å²) in [7, 11) is -0.927. The Morgan fingerprint density at radius 1 is 1.04 bits per heavy atom. The van der Waals surface area contributed by atoms with Crippen molar-refractivity contribution in [1.82, 2.24) is 4.72 Å². The quantitative estimate of drug-likeness (QED) is 0.304. The number of amides is 1. The first-order chi connectivity index (χ1) is 22.2. The fourth-order valence-corrected chi connectivity index (χ4v) is 8.53. The van der Waals surface area contributed by atoms with Crippen molar-refractivity contribution in [2.75, 3.05) is 52.0 Å². The molecule has 2 aromatic carbocycles. The minimum atomic E-state index is -4.06. The molecule has 5 atom stereocenters. The van der Waals surface area contributed by atoms with Gasteiger partial charge in [-0.3, -0.25) is 4.79 Å². The van der Waals surface area contributed by atoms with Crippen LogP contribution in [0.4, 0.5) is 5.69 Å². The van der Waals surface area contributed by atoms with E-state index in [0.29, 0.717) is 48.8 Å². The largest absolute Gasteiger partial charge is 0.487 e. The summed E-state index contributed by atoms with van der Waals surface area (Å²) in [5, 5.41) is -0.211. The van der Waals surface area contributed by atoms with E-state index in [0.717, 1.165) is 56.4 Å². The van der Waals surface area contributed by atoms with Crippen LogP contribution in [0.15, 0.2) is 48.6 Å². The standard InChI is InChI=1S/C35H47ClN2O7S/c1-24-7-6-9-32(44-18-17-42-2)30-14-11-27(30)21-38-16-5-4-8-25-19-29(36)13-10-28(25)22-45-33-15-12-26(20-31(33)38)35(39)37-46(40,41)34(24)23-43-3/h6,9-10,12-13,15,19-20,24,27,30,32,34H,4-5,7-8,11,14,16-18,21-23H2,1-3H3,(H,37,39)/b9-6+/t24-,27-,30+,32-,34+/m0/s1. The van der Waals surface area contributed by atoms with Gasteiger partial charge in [-0.05, 0) is 97.7 Å². The van der Waals surface area contributed by atoms with E-state index in [-0.39, 0.29) is 24.2 Å². The van der Waals surface area contributed by atoms with Crippen molar-refractivity contribution in [2.24, 2.45) is 17.8 Å². The number of anilines is 1. The molecule has 46 heavy (non-hydrogen) atoms. The van der Waals surface area contributed by atoms with E-state index in [9.17, 15) is 13.2 Å². The number of nitrogens with zero attached hydrogens (tertiary/aromatic N) is 1. The van der Waals surface area contributed by atoms with E-state index >= 15 is 0 Å². The third kappa shape index (κ3) is 8.44. The maximum atomic E-state index is 13.6. The molecule has 2 aliphatic heterocycles. The molecule has 2 heterocycles. The fourth-order valence-electron chi connectivity index (χ4n) is 6.77. The zero-order valence-electron chi connectivity index (χ0n) is 27.1. The van der Waals surface area contributed by atoms with Crippen LogP contribution >= 0.6 is 11.6 Å². The minimum absolute atomic E-state index is 0.0332. The zero-order chi connectivity index (χ0) is 32.7. The molecule has 0 saturated heterocycles. The van der Waals surface area contributed by atoms with E-state index in [1.165, 1.54) is 12.7 Å². The molecule has 3 aliphatic rings. The van der Waals surface area contributed by atoms with Gasteiger partial charge in [0.05, 0.1) is 31.6 Å². The molecule has 2 bridgehead atoms. The number of benzene rings is 2. The summed E-state index contributed by atoms with van der Waals surface area (Å²) < 4.78 is 52.9. The molecule has 0 aromatic heterocycles. The van der Waals surface area contributed by atoms with Crippen molar-refractivity contribution in [3.05, 3.63) is 70.3 Å². The van der Waals surface area contributed by atoms with Crippen LogP contribution in [-0.2, 0) is 37.3 Å². The molecule has 1 aliphatic carbocycles. The molecule has 1 saturated carbocycles. The van der Waals surface area contributed by atoms with Crippen LogP contribution in [0.1, 0.15) is 60.5 Å². The predicted octanol–water partition coefficient (Wildman–Crippen LogP) is 5.79. The van der Waals surface area contributed by atoms with Gasteiger partial charge >= 0.3 is 0 Å². The monoisotopic (exact) mass is 674 g/mol. The highest BCUT2D eigenvalue weighted by Crippen LogP contribution is 2.42. The van der Waals surface area contributed by atoms with Gasteiger partial charge in [-0.25, -0.2) is 13.1 Å². The Labute approximate surface area is 278 Å². The van der Waals surface area contributed by atoms with E-state index in [2.05, 4.69) is 15.7 Å². The fraction of sp³-hybridized carbons (Fsp3) is 0.571. The third-order valence-corrected chi connectivity index (χ3v) is 11.7. The Hall–Kier alpha value is -2.63. The lowest BCUT2D eigenvalue weighted by Crippen LogP contribution is -2.45. The molecule has 0 spiro atoms. The highest BCUT2D eigenvalue weighted by molar-refractivity contribution is 7.90. The number of allylic oxidation sites excluding steroid dienone is 1. The van der Waals surface area contributed by atoms with Crippen LogP contribution in [0.3, 0.4) is 0 Å². The van der Waals surface area contributed by atoms with Gasteiger partial charge in [0, 0.05) is 37.9 Å². The van der Waals surface area contributed by atoms with Crippen molar-refractivity contribution < 1.29 is 32.2 Å². The SMILES string of the molecule is COCCO[C@H]1/C=C/C[C@H](C)[C@@H](COC)S(=O)(=O)NC(=O)c2ccc3c(c2)N(CCCCc2cc(Cl)ccc2CO3)C[C@@H]2CC[C@H]21. The highest BCUT2D eigenvalue weighted by atomic mass is 35.5. The van der Waals surface area contributed by atoms with Gasteiger partial charge < -0.3 is 23.8 Å². The zero-order valence-corrected chi connectivity index (χ0v) is 28.7. The van der Waals surface area contributed by atoms with Crippen molar-refractivity contribution >= 4 is 33.2 Å². The molecular formula is C35H47ClN2O7S. The molecule has 252 valence electrons. The van der Waals surface area contributed by atoms with Crippen molar-refractivity contribution in [1.29, 1.82) is 0 Å². The van der Waals surface area contributed by atoms with E-state index in [1.807, 2.05) is 31.2 Å². The topological polar surface area (TPSA) is 103 Å². The Balaban J connectivity index is 1.54. The first-order valence-corrected chi connectivity index (χ1v) is 18.2. The molecule has 0 unspecified atom stereocenters. The van der Waals surface area contributed by atoms with Gasteiger partial charge in [0.1, 0.15) is 17.6 Å². The van der Waals surface area contributed by atoms with Gasteiger partial charge in [-0.15, -0.1) is 0 Å². The summed E-state index contributed by atoms with van der Waals surface area (Å²) in [6.45, 7) is 4.70. The molecule has 2 aromatic rings. The molecule has 1 amide bonds. The second-order valence-electron chi connectivity index (χ2n) is 12.7. The normalized spacial score (nSPS) is 27.5.